The molecule has 2 unspecified atom stereocenters. The summed E-state index contributed by atoms with van der Waals surface area (Å²) in [5.74, 6) is 3.05. The number of guanidine groups is 1. The number of fused-ring (bicyclic) bond motifs is 1. The van der Waals surface area contributed by atoms with E-state index in [-0.39, 0.29) is 29.9 Å². The maximum Gasteiger partial charge on any atom is 0.222 e. The summed E-state index contributed by atoms with van der Waals surface area (Å²) in [5.41, 5.74) is 2.46. The molecule has 2 heterocycles. The number of carbonyl (C=O) groups excluding carboxylic acids is 1. The molecule has 1 aromatic carbocycles. The standard InChI is InChI=1S/C23H34N4O.HI/c1-2-24-23(27-16-20-10-5-6-11-21(20)17-27)25-14-18-8-3-4-9-19(18)15-26-13-7-12-22(26)28;/h3-4,8-9,20-21H,2,5-7,10-17H2,1H3,(H,24,25);1H. The summed E-state index contributed by atoms with van der Waals surface area (Å²) in [4.78, 5) is 21.5. The lowest BCUT2D eigenvalue weighted by atomic mass is 9.82. The SMILES string of the molecule is CCNC(=NCc1ccccc1CN1CCCC1=O)N1CC2CCCCC2C1.I. The first kappa shape index (κ1) is 22.4. The Morgan fingerprint density at radius 1 is 1.10 bits per heavy atom. The van der Waals surface area contributed by atoms with E-state index in [1.54, 1.807) is 0 Å². The maximum atomic E-state index is 12.0. The van der Waals surface area contributed by atoms with Gasteiger partial charge in [-0.1, -0.05) is 37.1 Å². The van der Waals surface area contributed by atoms with E-state index in [4.69, 9.17) is 4.99 Å². The number of carbonyl (C=O) groups is 1. The summed E-state index contributed by atoms with van der Waals surface area (Å²) in [6.07, 6.45) is 7.24. The molecule has 2 aliphatic heterocycles. The Bertz CT molecular complexity index is 709. The Balaban J connectivity index is 0.00000240. The molecule has 0 bridgehead atoms. The molecular formula is C23H35IN4O. The number of benzene rings is 1. The van der Waals surface area contributed by atoms with E-state index in [2.05, 4.69) is 41.4 Å². The van der Waals surface area contributed by atoms with Crippen LogP contribution in [-0.4, -0.2) is 47.8 Å². The zero-order valence-corrected chi connectivity index (χ0v) is 19.9. The highest BCUT2D eigenvalue weighted by Crippen LogP contribution is 2.36. The van der Waals surface area contributed by atoms with Gasteiger partial charge < -0.3 is 15.1 Å². The van der Waals surface area contributed by atoms with Gasteiger partial charge in [0.15, 0.2) is 5.96 Å². The lowest BCUT2D eigenvalue weighted by Crippen LogP contribution is -2.40. The molecule has 5 nitrogen and oxygen atoms in total. The van der Waals surface area contributed by atoms with Crippen molar-refractivity contribution in [2.75, 3.05) is 26.2 Å². The third-order valence-electron chi connectivity index (χ3n) is 6.66. The third-order valence-corrected chi connectivity index (χ3v) is 6.66. The summed E-state index contributed by atoms with van der Waals surface area (Å²) >= 11 is 0. The second kappa shape index (κ2) is 10.6. The molecule has 160 valence electrons. The minimum Gasteiger partial charge on any atom is -0.357 e. The Morgan fingerprint density at radius 2 is 1.79 bits per heavy atom. The Labute approximate surface area is 192 Å². The minimum absolute atomic E-state index is 0. The number of hydrogen-bond donors (Lipinski definition) is 1. The zero-order valence-electron chi connectivity index (χ0n) is 17.6. The van der Waals surface area contributed by atoms with Crippen LogP contribution in [-0.2, 0) is 17.9 Å². The van der Waals surface area contributed by atoms with E-state index in [0.29, 0.717) is 13.0 Å². The molecule has 1 saturated carbocycles. The van der Waals surface area contributed by atoms with Crippen LogP contribution in [0.2, 0.25) is 0 Å². The van der Waals surface area contributed by atoms with Gasteiger partial charge >= 0.3 is 0 Å². The first-order chi connectivity index (χ1) is 13.7. The van der Waals surface area contributed by atoms with E-state index in [0.717, 1.165) is 56.9 Å². The predicted molar refractivity (Wildman–Crippen MR) is 128 cm³/mol. The minimum atomic E-state index is 0. The van der Waals surface area contributed by atoms with Crippen molar-refractivity contribution in [1.82, 2.24) is 15.1 Å². The zero-order chi connectivity index (χ0) is 19.3. The van der Waals surface area contributed by atoms with Gasteiger partial charge in [0.2, 0.25) is 5.91 Å². The second-order valence-corrected chi connectivity index (χ2v) is 8.57. The van der Waals surface area contributed by atoms with E-state index >= 15 is 0 Å². The van der Waals surface area contributed by atoms with Crippen molar-refractivity contribution in [2.24, 2.45) is 16.8 Å². The molecule has 6 heteroatoms. The number of halogens is 1. The van der Waals surface area contributed by atoms with E-state index in [1.165, 1.54) is 36.8 Å². The number of nitrogens with zero attached hydrogens (tertiary/aromatic N) is 3. The number of hydrogen-bond acceptors (Lipinski definition) is 2. The largest absolute Gasteiger partial charge is 0.357 e. The van der Waals surface area contributed by atoms with Gasteiger partial charge in [-0.25, -0.2) is 4.99 Å². The summed E-state index contributed by atoms with van der Waals surface area (Å²) in [6, 6.07) is 8.46. The fourth-order valence-corrected chi connectivity index (χ4v) is 5.11. The molecule has 1 aromatic rings. The van der Waals surface area contributed by atoms with Crippen molar-refractivity contribution in [3.8, 4) is 0 Å². The molecule has 4 rings (SSSR count). The van der Waals surface area contributed by atoms with Crippen molar-refractivity contribution >= 4 is 35.8 Å². The summed E-state index contributed by atoms with van der Waals surface area (Å²) < 4.78 is 0. The van der Waals surface area contributed by atoms with Gasteiger partial charge in [-0.2, -0.15) is 0 Å². The van der Waals surface area contributed by atoms with Gasteiger partial charge in [-0.15, -0.1) is 24.0 Å². The summed E-state index contributed by atoms with van der Waals surface area (Å²) in [5, 5.41) is 3.52. The van der Waals surface area contributed by atoms with E-state index < -0.39 is 0 Å². The van der Waals surface area contributed by atoms with Crippen LogP contribution in [0.3, 0.4) is 0 Å². The molecule has 0 aromatic heterocycles. The lowest BCUT2D eigenvalue weighted by molar-refractivity contribution is -0.128. The monoisotopic (exact) mass is 510 g/mol. The van der Waals surface area contributed by atoms with E-state index in [9.17, 15) is 4.79 Å². The van der Waals surface area contributed by atoms with Crippen LogP contribution in [0.4, 0.5) is 0 Å². The van der Waals surface area contributed by atoms with Crippen molar-refractivity contribution in [3.05, 3.63) is 35.4 Å². The molecule has 2 atom stereocenters. The van der Waals surface area contributed by atoms with Crippen LogP contribution in [0.1, 0.15) is 56.6 Å². The van der Waals surface area contributed by atoms with Crippen LogP contribution in [0.5, 0.6) is 0 Å². The molecular weight excluding hydrogens is 475 g/mol. The van der Waals surface area contributed by atoms with Gasteiger partial charge in [0.25, 0.3) is 0 Å². The van der Waals surface area contributed by atoms with E-state index in [1.807, 2.05) is 4.90 Å². The van der Waals surface area contributed by atoms with Crippen molar-refractivity contribution in [2.45, 2.75) is 58.5 Å². The van der Waals surface area contributed by atoms with Crippen LogP contribution < -0.4 is 5.32 Å². The molecule has 3 fully saturated rings. The van der Waals surface area contributed by atoms with Crippen LogP contribution in [0, 0.1) is 11.8 Å². The average Bonchev–Trinajstić information content (AvgIpc) is 3.32. The molecule has 29 heavy (non-hydrogen) atoms. The molecule has 1 aliphatic carbocycles. The second-order valence-electron chi connectivity index (χ2n) is 8.57. The molecule has 0 spiro atoms. The lowest BCUT2D eigenvalue weighted by Gasteiger charge is -2.22. The molecule has 1 amide bonds. The number of likely N-dealkylation sites (tertiary alicyclic amines) is 2. The van der Waals surface area contributed by atoms with Crippen molar-refractivity contribution in [3.63, 3.8) is 0 Å². The molecule has 0 radical (unpaired) electrons. The highest BCUT2D eigenvalue weighted by molar-refractivity contribution is 14.0. The first-order valence-electron chi connectivity index (χ1n) is 11.1. The quantitative estimate of drug-likeness (QED) is 0.370. The van der Waals surface area contributed by atoms with Crippen LogP contribution in [0.15, 0.2) is 29.3 Å². The first-order valence-corrected chi connectivity index (χ1v) is 11.1. The van der Waals surface area contributed by atoms with Crippen molar-refractivity contribution < 1.29 is 4.79 Å². The van der Waals surface area contributed by atoms with Crippen molar-refractivity contribution in [1.29, 1.82) is 0 Å². The van der Waals surface area contributed by atoms with Gasteiger partial charge in [0.1, 0.15) is 0 Å². The fraction of sp³-hybridized carbons (Fsp3) is 0.652. The smallest absolute Gasteiger partial charge is 0.222 e. The number of rotatable bonds is 5. The van der Waals surface area contributed by atoms with Crippen LogP contribution >= 0.6 is 24.0 Å². The molecule has 3 aliphatic rings. The Hall–Kier alpha value is -1.31. The Kier molecular flexibility index (Phi) is 8.21. The van der Waals surface area contributed by atoms with Gasteiger partial charge in [0, 0.05) is 39.1 Å². The van der Waals surface area contributed by atoms with Crippen LogP contribution in [0.25, 0.3) is 0 Å². The predicted octanol–water partition coefficient (Wildman–Crippen LogP) is 4.01. The summed E-state index contributed by atoms with van der Waals surface area (Å²) in [6.45, 7) is 7.62. The normalized spacial score (nSPS) is 24.4. The van der Waals surface area contributed by atoms with Gasteiger partial charge in [0.05, 0.1) is 6.54 Å². The summed E-state index contributed by atoms with van der Waals surface area (Å²) in [7, 11) is 0. The number of aliphatic imine (C=N–C) groups is 1. The number of nitrogens with one attached hydrogen (secondary N) is 1. The average molecular weight is 510 g/mol. The highest BCUT2D eigenvalue weighted by atomic mass is 127. The third kappa shape index (κ3) is 5.44. The number of amides is 1. The Morgan fingerprint density at radius 3 is 2.41 bits per heavy atom. The topological polar surface area (TPSA) is 47.9 Å². The highest BCUT2D eigenvalue weighted by Gasteiger charge is 2.35. The fourth-order valence-electron chi connectivity index (χ4n) is 5.11. The molecule has 1 N–H and O–H groups in total. The maximum absolute atomic E-state index is 12.0. The molecule has 2 saturated heterocycles. The van der Waals surface area contributed by atoms with Gasteiger partial charge in [-0.05, 0) is 49.1 Å². The van der Waals surface area contributed by atoms with Gasteiger partial charge in [-0.3, -0.25) is 4.79 Å².